The quantitative estimate of drug-likeness (QED) is 0.745. The van der Waals surface area contributed by atoms with Gasteiger partial charge in [0, 0.05) is 19.3 Å². The fourth-order valence-corrected chi connectivity index (χ4v) is 1.57. The van der Waals surface area contributed by atoms with Crippen LogP contribution in [-0.2, 0) is 13.5 Å². The minimum absolute atomic E-state index is 0.358. The maximum absolute atomic E-state index is 5.91. The van der Waals surface area contributed by atoms with Crippen molar-refractivity contribution < 1.29 is 0 Å². The molecule has 0 bridgehead atoms. The van der Waals surface area contributed by atoms with Crippen molar-refractivity contribution in [1.29, 1.82) is 0 Å². The van der Waals surface area contributed by atoms with Crippen molar-refractivity contribution in [3.05, 3.63) is 11.9 Å². The molecule has 0 radical (unpaired) electrons. The summed E-state index contributed by atoms with van der Waals surface area (Å²) in [5.41, 5.74) is 6.98. The van der Waals surface area contributed by atoms with E-state index in [2.05, 4.69) is 17.2 Å². The molecule has 1 atom stereocenters. The molecule has 1 aromatic rings. The Balaban J connectivity index is 2.15. The molecule has 1 aromatic heterocycles. The Morgan fingerprint density at radius 3 is 2.86 bits per heavy atom. The molecule has 0 aromatic carbocycles. The smallest absolute Gasteiger partial charge is 0.0827 e. The first kappa shape index (κ1) is 11.2. The number of nitrogens with two attached hydrogens (primary N) is 1. The molecular formula is C10H20N4. The van der Waals surface area contributed by atoms with E-state index in [1.54, 1.807) is 4.68 Å². The molecule has 80 valence electrons. The fraction of sp³-hybridized carbons (Fsp3) is 0.800. The number of hydrogen-bond donors (Lipinski definition) is 1. The second-order valence-corrected chi connectivity index (χ2v) is 3.82. The van der Waals surface area contributed by atoms with Gasteiger partial charge >= 0.3 is 0 Å². The average molecular weight is 196 g/mol. The van der Waals surface area contributed by atoms with E-state index in [9.17, 15) is 0 Å². The van der Waals surface area contributed by atoms with Gasteiger partial charge in [0.1, 0.15) is 0 Å². The molecule has 4 nitrogen and oxygen atoms in total. The maximum atomic E-state index is 5.91. The summed E-state index contributed by atoms with van der Waals surface area (Å²) < 4.78 is 1.74. The monoisotopic (exact) mass is 196 g/mol. The number of nitrogens with zero attached hydrogens (tertiary/aromatic N) is 3. The van der Waals surface area contributed by atoms with Gasteiger partial charge in [-0.2, -0.15) is 0 Å². The molecule has 1 heterocycles. The zero-order chi connectivity index (χ0) is 10.4. The van der Waals surface area contributed by atoms with Gasteiger partial charge < -0.3 is 5.73 Å². The first-order valence-corrected chi connectivity index (χ1v) is 5.33. The van der Waals surface area contributed by atoms with Crippen LogP contribution < -0.4 is 5.73 Å². The van der Waals surface area contributed by atoms with E-state index in [1.807, 2.05) is 13.2 Å². The van der Waals surface area contributed by atoms with Crippen molar-refractivity contribution in [1.82, 2.24) is 15.0 Å². The molecule has 0 saturated heterocycles. The van der Waals surface area contributed by atoms with Crippen LogP contribution >= 0.6 is 0 Å². The van der Waals surface area contributed by atoms with E-state index >= 15 is 0 Å². The van der Waals surface area contributed by atoms with Gasteiger partial charge in [-0.25, -0.2) is 0 Å². The summed E-state index contributed by atoms with van der Waals surface area (Å²) in [7, 11) is 1.89. The zero-order valence-electron chi connectivity index (χ0n) is 9.11. The highest BCUT2D eigenvalue weighted by molar-refractivity contribution is 4.91. The first-order valence-electron chi connectivity index (χ1n) is 5.33. The van der Waals surface area contributed by atoms with Crippen LogP contribution in [0, 0.1) is 0 Å². The minimum atomic E-state index is 0.358. The zero-order valence-corrected chi connectivity index (χ0v) is 9.11. The highest BCUT2D eigenvalue weighted by Crippen LogP contribution is 2.05. The molecule has 0 amide bonds. The lowest BCUT2D eigenvalue weighted by atomic mass is 10.1. The lowest BCUT2D eigenvalue weighted by molar-refractivity contribution is 0.537. The lowest BCUT2D eigenvalue weighted by Crippen LogP contribution is -2.19. The molecule has 14 heavy (non-hydrogen) atoms. The van der Waals surface area contributed by atoms with Crippen LogP contribution in [0.5, 0.6) is 0 Å². The van der Waals surface area contributed by atoms with E-state index in [-0.39, 0.29) is 0 Å². The largest absolute Gasteiger partial charge is 0.328 e. The van der Waals surface area contributed by atoms with Gasteiger partial charge in [0.25, 0.3) is 0 Å². The molecular weight excluding hydrogens is 176 g/mol. The number of aromatic nitrogens is 3. The van der Waals surface area contributed by atoms with Crippen LogP contribution in [0.3, 0.4) is 0 Å². The van der Waals surface area contributed by atoms with Crippen molar-refractivity contribution in [2.24, 2.45) is 12.8 Å². The lowest BCUT2D eigenvalue weighted by Gasteiger charge is -2.08. The molecule has 0 aliphatic heterocycles. The molecule has 2 N–H and O–H groups in total. The predicted octanol–water partition coefficient (Wildman–Crippen LogP) is 1.27. The fourth-order valence-electron chi connectivity index (χ4n) is 1.57. The van der Waals surface area contributed by atoms with Crippen LogP contribution in [0.1, 0.15) is 38.3 Å². The molecule has 1 unspecified atom stereocenters. The summed E-state index contributed by atoms with van der Waals surface area (Å²) in [5.74, 6) is 0. The van der Waals surface area contributed by atoms with Crippen LogP contribution in [0.4, 0.5) is 0 Å². The Bertz CT molecular complexity index is 256. The molecule has 1 rings (SSSR count). The van der Waals surface area contributed by atoms with Gasteiger partial charge in [0.2, 0.25) is 0 Å². The van der Waals surface area contributed by atoms with Crippen LogP contribution in [-0.4, -0.2) is 21.0 Å². The molecule has 0 fully saturated rings. The maximum Gasteiger partial charge on any atom is 0.0827 e. The third-order valence-electron chi connectivity index (χ3n) is 2.32. The molecule has 0 aliphatic carbocycles. The summed E-state index contributed by atoms with van der Waals surface area (Å²) in [4.78, 5) is 0. The average Bonchev–Trinajstić information content (AvgIpc) is 2.52. The highest BCUT2D eigenvalue weighted by atomic mass is 15.4. The minimum Gasteiger partial charge on any atom is -0.328 e. The topological polar surface area (TPSA) is 56.7 Å². The highest BCUT2D eigenvalue weighted by Gasteiger charge is 2.02. The van der Waals surface area contributed by atoms with E-state index in [4.69, 9.17) is 5.73 Å². The van der Waals surface area contributed by atoms with Crippen molar-refractivity contribution in [3.8, 4) is 0 Å². The third-order valence-corrected chi connectivity index (χ3v) is 2.32. The Hall–Kier alpha value is -0.900. The SMILES string of the molecule is CCCC(N)CCCc1cn(C)nn1. The second-order valence-electron chi connectivity index (χ2n) is 3.82. The summed E-state index contributed by atoms with van der Waals surface area (Å²) in [6, 6.07) is 0.358. The Labute approximate surface area is 85.5 Å². The number of hydrogen-bond acceptors (Lipinski definition) is 3. The summed E-state index contributed by atoms with van der Waals surface area (Å²) in [6.45, 7) is 2.17. The Morgan fingerprint density at radius 2 is 2.29 bits per heavy atom. The summed E-state index contributed by atoms with van der Waals surface area (Å²) in [5, 5.41) is 7.92. The first-order chi connectivity index (χ1) is 6.72. The van der Waals surface area contributed by atoms with E-state index in [0.29, 0.717) is 6.04 Å². The summed E-state index contributed by atoms with van der Waals surface area (Å²) >= 11 is 0. The summed E-state index contributed by atoms with van der Waals surface area (Å²) in [6.07, 6.45) is 7.45. The van der Waals surface area contributed by atoms with Crippen LogP contribution in [0.25, 0.3) is 0 Å². The van der Waals surface area contributed by atoms with Crippen molar-refractivity contribution in [2.75, 3.05) is 0 Å². The number of aryl methyl sites for hydroxylation is 2. The van der Waals surface area contributed by atoms with Gasteiger partial charge in [0.05, 0.1) is 5.69 Å². The van der Waals surface area contributed by atoms with E-state index < -0.39 is 0 Å². The van der Waals surface area contributed by atoms with Crippen LogP contribution in [0.15, 0.2) is 6.20 Å². The second kappa shape index (κ2) is 5.75. The van der Waals surface area contributed by atoms with Crippen LogP contribution in [0.2, 0.25) is 0 Å². The van der Waals surface area contributed by atoms with E-state index in [0.717, 1.165) is 31.4 Å². The standard InChI is InChI=1S/C10H20N4/c1-3-5-9(11)6-4-7-10-8-14(2)13-12-10/h8-9H,3-7,11H2,1-2H3. The van der Waals surface area contributed by atoms with Gasteiger partial charge in [0.15, 0.2) is 0 Å². The van der Waals surface area contributed by atoms with Crippen molar-refractivity contribution in [2.45, 2.75) is 45.1 Å². The molecule has 0 spiro atoms. The van der Waals surface area contributed by atoms with Gasteiger partial charge in [-0.05, 0) is 25.7 Å². The Morgan fingerprint density at radius 1 is 1.50 bits per heavy atom. The van der Waals surface area contributed by atoms with E-state index in [1.165, 1.54) is 6.42 Å². The van der Waals surface area contributed by atoms with Gasteiger partial charge in [-0.3, -0.25) is 4.68 Å². The molecule has 0 aliphatic rings. The third kappa shape index (κ3) is 3.87. The van der Waals surface area contributed by atoms with Crippen molar-refractivity contribution in [3.63, 3.8) is 0 Å². The number of rotatable bonds is 6. The van der Waals surface area contributed by atoms with Gasteiger partial charge in [-0.15, -0.1) is 5.10 Å². The van der Waals surface area contributed by atoms with Gasteiger partial charge in [-0.1, -0.05) is 18.6 Å². The van der Waals surface area contributed by atoms with Crippen molar-refractivity contribution >= 4 is 0 Å². The normalized spacial score (nSPS) is 13.1. The molecule has 4 heteroatoms. The predicted molar refractivity (Wildman–Crippen MR) is 56.8 cm³/mol. The Kier molecular flexibility index (Phi) is 4.59. The molecule has 0 saturated carbocycles.